The molecule has 0 aliphatic rings. The summed E-state index contributed by atoms with van der Waals surface area (Å²) in [5, 5.41) is 0. The van der Waals surface area contributed by atoms with Crippen LogP contribution in [0.4, 0.5) is 13.2 Å². The van der Waals surface area contributed by atoms with Crippen LogP contribution in [0.5, 0.6) is 11.5 Å². The molecule has 0 atom stereocenters. The summed E-state index contributed by atoms with van der Waals surface area (Å²) in [5.74, 6) is -0.942. The minimum atomic E-state index is -4.84. The van der Waals surface area contributed by atoms with Crippen LogP contribution in [0.15, 0.2) is 18.2 Å². The summed E-state index contributed by atoms with van der Waals surface area (Å²) in [5.41, 5.74) is 0.0694. The molecule has 0 heterocycles. The molecule has 0 fully saturated rings. The number of hydrogen-bond donors (Lipinski definition) is 0. The van der Waals surface area contributed by atoms with E-state index in [9.17, 15) is 18.0 Å². The second kappa shape index (κ2) is 5.61. The minimum Gasteiger partial charge on any atom is -0.497 e. The molecule has 0 aromatic heterocycles. The van der Waals surface area contributed by atoms with Crippen molar-refractivity contribution in [3.8, 4) is 11.5 Å². The van der Waals surface area contributed by atoms with Gasteiger partial charge in [-0.1, -0.05) is 6.07 Å². The number of methoxy groups -OCH3 is 2. The third kappa shape index (κ3) is 4.15. The van der Waals surface area contributed by atoms with Crippen LogP contribution in [-0.2, 0) is 16.0 Å². The van der Waals surface area contributed by atoms with E-state index in [0.717, 1.165) is 13.2 Å². The molecule has 1 rings (SSSR count). The Hall–Kier alpha value is -1.92. The molecule has 0 bridgehead atoms. The zero-order chi connectivity index (χ0) is 13.8. The first-order valence-electron chi connectivity index (χ1n) is 4.85. The van der Waals surface area contributed by atoms with Crippen molar-refractivity contribution in [1.29, 1.82) is 0 Å². The Morgan fingerprint density at radius 2 is 1.94 bits per heavy atom. The van der Waals surface area contributed by atoms with E-state index in [1.54, 1.807) is 0 Å². The number of carbonyl (C=O) groups excluding carboxylic acids is 1. The molecule has 7 heteroatoms. The molecule has 4 nitrogen and oxygen atoms in total. The maximum Gasteiger partial charge on any atom is 0.573 e. The van der Waals surface area contributed by atoms with Gasteiger partial charge in [-0.2, -0.15) is 0 Å². The molecule has 0 aliphatic heterocycles. The standard InChI is InChI=1S/C11H11F3O4/c1-16-8-4-3-7(5-10(15)17-2)9(6-8)18-11(12,13)14/h3-4,6H,5H2,1-2H3. The van der Waals surface area contributed by atoms with Gasteiger partial charge in [-0.3, -0.25) is 4.79 Å². The average molecular weight is 264 g/mol. The van der Waals surface area contributed by atoms with Gasteiger partial charge < -0.3 is 14.2 Å². The predicted molar refractivity (Wildman–Crippen MR) is 55.4 cm³/mol. The van der Waals surface area contributed by atoms with Crippen LogP contribution in [0.3, 0.4) is 0 Å². The Kier molecular flexibility index (Phi) is 4.41. The molecular formula is C11H11F3O4. The lowest BCUT2D eigenvalue weighted by atomic mass is 10.1. The first-order chi connectivity index (χ1) is 8.35. The average Bonchev–Trinajstić information content (AvgIpc) is 2.29. The van der Waals surface area contributed by atoms with Crippen LogP contribution in [-0.4, -0.2) is 26.6 Å². The fourth-order valence-corrected chi connectivity index (χ4v) is 1.26. The van der Waals surface area contributed by atoms with Gasteiger partial charge in [-0.15, -0.1) is 13.2 Å². The molecule has 100 valence electrons. The summed E-state index contributed by atoms with van der Waals surface area (Å²) in [6.45, 7) is 0. The SMILES string of the molecule is COC(=O)Cc1ccc(OC)cc1OC(F)(F)F. The zero-order valence-corrected chi connectivity index (χ0v) is 9.71. The number of carbonyl (C=O) groups is 1. The topological polar surface area (TPSA) is 44.8 Å². The van der Waals surface area contributed by atoms with Crippen LogP contribution in [0, 0.1) is 0 Å². The molecule has 18 heavy (non-hydrogen) atoms. The Morgan fingerprint density at radius 1 is 1.28 bits per heavy atom. The van der Waals surface area contributed by atoms with Gasteiger partial charge in [-0.25, -0.2) is 0 Å². The molecule has 0 spiro atoms. The molecular weight excluding hydrogens is 253 g/mol. The van der Waals surface area contributed by atoms with Gasteiger partial charge in [0.2, 0.25) is 0 Å². The van der Waals surface area contributed by atoms with Crippen molar-refractivity contribution >= 4 is 5.97 Å². The Morgan fingerprint density at radius 3 is 2.44 bits per heavy atom. The van der Waals surface area contributed by atoms with Crippen LogP contribution < -0.4 is 9.47 Å². The van der Waals surface area contributed by atoms with Crippen LogP contribution in [0.2, 0.25) is 0 Å². The number of ether oxygens (including phenoxy) is 3. The third-order valence-corrected chi connectivity index (χ3v) is 2.06. The molecule has 0 saturated heterocycles. The lowest BCUT2D eigenvalue weighted by molar-refractivity contribution is -0.275. The number of benzene rings is 1. The number of alkyl halides is 3. The Balaban J connectivity index is 3.04. The maximum absolute atomic E-state index is 12.2. The predicted octanol–water partition coefficient (Wildman–Crippen LogP) is 2.31. The lowest BCUT2D eigenvalue weighted by Gasteiger charge is -2.13. The van der Waals surface area contributed by atoms with Crippen molar-refractivity contribution in [2.45, 2.75) is 12.8 Å². The third-order valence-electron chi connectivity index (χ3n) is 2.06. The molecule has 1 aromatic rings. The second-order valence-electron chi connectivity index (χ2n) is 3.27. The van der Waals surface area contributed by atoms with E-state index >= 15 is 0 Å². The van der Waals surface area contributed by atoms with E-state index in [2.05, 4.69) is 9.47 Å². The van der Waals surface area contributed by atoms with Crippen molar-refractivity contribution in [2.24, 2.45) is 0 Å². The summed E-state index contributed by atoms with van der Waals surface area (Å²) in [4.78, 5) is 11.1. The fourth-order valence-electron chi connectivity index (χ4n) is 1.26. The Bertz CT molecular complexity index is 429. The summed E-state index contributed by atoms with van der Waals surface area (Å²) in [6, 6.07) is 3.81. The van der Waals surface area contributed by atoms with Crippen molar-refractivity contribution in [3.63, 3.8) is 0 Å². The van der Waals surface area contributed by atoms with E-state index in [-0.39, 0.29) is 17.7 Å². The van der Waals surface area contributed by atoms with E-state index in [0.29, 0.717) is 0 Å². The molecule has 0 radical (unpaired) electrons. The van der Waals surface area contributed by atoms with Crippen molar-refractivity contribution in [2.75, 3.05) is 14.2 Å². The summed E-state index contributed by atoms with van der Waals surface area (Å²) < 4.78 is 49.6. The Labute approximate surface area is 101 Å². The largest absolute Gasteiger partial charge is 0.573 e. The van der Waals surface area contributed by atoms with Crippen molar-refractivity contribution in [3.05, 3.63) is 23.8 Å². The first kappa shape index (κ1) is 14.1. The zero-order valence-electron chi connectivity index (χ0n) is 9.71. The summed E-state index contributed by atoms with van der Waals surface area (Å²) >= 11 is 0. The highest BCUT2D eigenvalue weighted by Crippen LogP contribution is 2.30. The van der Waals surface area contributed by atoms with Gasteiger partial charge in [0.05, 0.1) is 20.6 Å². The van der Waals surface area contributed by atoms with Crippen molar-refractivity contribution < 1.29 is 32.2 Å². The van der Waals surface area contributed by atoms with Crippen LogP contribution in [0.1, 0.15) is 5.56 Å². The summed E-state index contributed by atoms with van der Waals surface area (Å²) in [6.07, 6.45) is -5.15. The van der Waals surface area contributed by atoms with Crippen LogP contribution in [0.25, 0.3) is 0 Å². The van der Waals surface area contributed by atoms with Crippen LogP contribution >= 0.6 is 0 Å². The first-order valence-corrected chi connectivity index (χ1v) is 4.85. The van der Waals surface area contributed by atoms with E-state index in [1.807, 2.05) is 0 Å². The summed E-state index contributed by atoms with van der Waals surface area (Å²) in [7, 11) is 2.46. The second-order valence-corrected chi connectivity index (χ2v) is 3.27. The van der Waals surface area contributed by atoms with Gasteiger partial charge in [-0.05, 0) is 6.07 Å². The number of halogens is 3. The smallest absolute Gasteiger partial charge is 0.497 e. The van der Waals surface area contributed by atoms with Gasteiger partial charge >= 0.3 is 12.3 Å². The van der Waals surface area contributed by atoms with Gasteiger partial charge in [0.15, 0.2) is 0 Å². The van der Waals surface area contributed by atoms with Crippen molar-refractivity contribution in [1.82, 2.24) is 0 Å². The molecule has 0 amide bonds. The van der Waals surface area contributed by atoms with Gasteiger partial charge in [0, 0.05) is 11.6 Å². The number of rotatable bonds is 4. The highest BCUT2D eigenvalue weighted by atomic mass is 19.4. The van der Waals surface area contributed by atoms with Gasteiger partial charge in [0.25, 0.3) is 0 Å². The van der Waals surface area contributed by atoms with E-state index in [4.69, 9.17) is 4.74 Å². The number of esters is 1. The monoisotopic (exact) mass is 264 g/mol. The van der Waals surface area contributed by atoms with E-state index in [1.165, 1.54) is 19.2 Å². The number of hydrogen-bond acceptors (Lipinski definition) is 4. The van der Waals surface area contributed by atoms with Gasteiger partial charge in [0.1, 0.15) is 11.5 Å². The molecule has 0 saturated carbocycles. The minimum absolute atomic E-state index is 0.0694. The highest BCUT2D eigenvalue weighted by molar-refractivity contribution is 5.73. The molecule has 0 N–H and O–H groups in total. The maximum atomic E-state index is 12.2. The highest BCUT2D eigenvalue weighted by Gasteiger charge is 2.32. The normalized spacial score (nSPS) is 10.9. The lowest BCUT2D eigenvalue weighted by Crippen LogP contribution is -2.19. The molecule has 1 aromatic carbocycles. The molecule has 0 unspecified atom stereocenters. The van der Waals surface area contributed by atoms with E-state index < -0.39 is 18.1 Å². The quantitative estimate of drug-likeness (QED) is 0.783. The molecule has 0 aliphatic carbocycles. The fraction of sp³-hybridized carbons (Fsp3) is 0.364.